The van der Waals surface area contributed by atoms with E-state index in [9.17, 15) is 0 Å². The van der Waals surface area contributed by atoms with Gasteiger partial charge in [0.15, 0.2) is 0 Å². The first-order valence-corrected chi connectivity index (χ1v) is 7.97. The van der Waals surface area contributed by atoms with Crippen LogP contribution in [-0.4, -0.2) is 46.6 Å². The van der Waals surface area contributed by atoms with Crippen molar-refractivity contribution < 1.29 is 0 Å². The maximum absolute atomic E-state index is 4.48. The molecule has 0 amide bonds. The largest absolute Gasteiger partial charge is 0.335 e. The molecule has 3 heterocycles. The van der Waals surface area contributed by atoms with Crippen molar-refractivity contribution in [1.82, 2.24) is 14.9 Å². The van der Waals surface area contributed by atoms with E-state index in [1.807, 2.05) is 18.5 Å². The van der Waals surface area contributed by atoms with Gasteiger partial charge in [-0.2, -0.15) is 0 Å². The van der Waals surface area contributed by atoms with Gasteiger partial charge in [-0.1, -0.05) is 13.8 Å². The fourth-order valence-electron chi connectivity index (χ4n) is 3.87. The number of aromatic nitrogens is 2. The summed E-state index contributed by atoms with van der Waals surface area (Å²) in [4.78, 5) is 14.1. The lowest BCUT2D eigenvalue weighted by Crippen LogP contribution is -2.53. The molecule has 1 aromatic rings. The molecule has 0 N–H and O–H groups in total. The predicted molar refractivity (Wildman–Crippen MR) is 81.9 cm³/mol. The minimum Gasteiger partial charge on any atom is -0.335 e. The maximum Gasteiger partial charge on any atom is 0.225 e. The van der Waals surface area contributed by atoms with Crippen molar-refractivity contribution in [2.75, 3.05) is 31.1 Å². The van der Waals surface area contributed by atoms with Crippen LogP contribution in [0, 0.1) is 5.92 Å². The maximum atomic E-state index is 4.48. The van der Waals surface area contributed by atoms with Crippen molar-refractivity contribution >= 4 is 5.95 Å². The first-order valence-electron chi connectivity index (χ1n) is 7.97. The molecule has 0 radical (unpaired) electrons. The highest BCUT2D eigenvalue weighted by molar-refractivity contribution is 5.37. The van der Waals surface area contributed by atoms with Crippen LogP contribution in [0.25, 0.3) is 0 Å². The third-order valence-electron chi connectivity index (χ3n) is 4.80. The van der Waals surface area contributed by atoms with Gasteiger partial charge in [0, 0.05) is 44.1 Å². The molecule has 0 aliphatic carbocycles. The van der Waals surface area contributed by atoms with Crippen molar-refractivity contribution in [2.45, 2.75) is 45.1 Å². The molecule has 2 aliphatic rings. The highest BCUT2D eigenvalue weighted by atomic mass is 15.3. The zero-order valence-electron chi connectivity index (χ0n) is 12.8. The molecule has 3 rings (SSSR count). The van der Waals surface area contributed by atoms with E-state index in [0.29, 0.717) is 5.54 Å². The SMILES string of the molecule is CC(C)CN1CCC2(CCCN2c2ncccn2)CC1. The van der Waals surface area contributed by atoms with Crippen molar-refractivity contribution in [1.29, 1.82) is 0 Å². The Labute approximate surface area is 122 Å². The number of nitrogens with zero attached hydrogens (tertiary/aromatic N) is 4. The Bertz CT molecular complexity index is 423. The Morgan fingerprint density at radius 1 is 1.10 bits per heavy atom. The lowest BCUT2D eigenvalue weighted by atomic mass is 9.85. The van der Waals surface area contributed by atoms with Crippen molar-refractivity contribution in [3.63, 3.8) is 0 Å². The summed E-state index contributed by atoms with van der Waals surface area (Å²) < 4.78 is 0. The van der Waals surface area contributed by atoms with Crippen LogP contribution in [-0.2, 0) is 0 Å². The summed E-state index contributed by atoms with van der Waals surface area (Å²) in [6.45, 7) is 9.42. The fraction of sp³-hybridized carbons (Fsp3) is 0.750. The Balaban J connectivity index is 1.70. The molecule has 2 aliphatic heterocycles. The van der Waals surface area contributed by atoms with Crippen molar-refractivity contribution in [3.8, 4) is 0 Å². The number of hydrogen-bond donors (Lipinski definition) is 0. The molecule has 2 fully saturated rings. The van der Waals surface area contributed by atoms with Crippen LogP contribution in [0.15, 0.2) is 18.5 Å². The standard InChI is InChI=1S/C16H26N4/c1-14(2)13-19-11-6-16(7-12-19)5-3-10-20(16)15-17-8-4-9-18-15/h4,8-9,14H,3,5-7,10-13H2,1-2H3. The monoisotopic (exact) mass is 274 g/mol. The van der Waals surface area contributed by atoms with E-state index >= 15 is 0 Å². The fourth-order valence-corrected chi connectivity index (χ4v) is 3.87. The molecule has 0 bridgehead atoms. The van der Waals surface area contributed by atoms with Gasteiger partial charge in [-0.05, 0) is 37.7 Å². The molecule has 4 heteroatoms. The van der Waals surface area contributed by atoms with Crippen LogP contribution >= 0.6 is 0 Å². The van der Waals surface area contributed by atoms with E-state index in [0.717, 1.165) is 18.4 Å². The Kier molecular flexibility index (Phi) is 3.92. The smallest absolute Gasteiger partial charge is 0.225 e. The first-order chi connectivity index (χ1) is 9.70. The molecule has 1 aromatic heterocycles. The quantitative estimate of drug-likeness (QED) is 0.848. The molecule has 4 nitrogen and oxygen atoms in total. The molecule has 0 unspecified atom stereocenters. The van der Waals surface area contributed by atoms with Crippen molar-refractivity contribution in [2.24, 2.45) is 5.92 Å². The van der Waals surface area contributed by atoms with Gasteiger partial charge < -0.3 is 9.80 Å². The third-order valence-corrected chi connectivity index (χ3v) is 4.80. The summed E-state index contributed by atoms with van der Waals surface area (Å²) in [5.41, 5.74) is 0.328. The molecule has 0 atom stereocenters. The van der Waals surface area contributed by atoms with E-state index < -0.39 is 0 Å². The Morgan fingerprint density at radius 2 is 1.80 bits per heavy atom. The van der Waals surface area contributed by atoms with E-state index in [2.05, 4.69) is 33.6 Å². The molecular weight excluding hydrogens is 248 g/mol. The van der Waals surface area contributed by atoms with Gasteiger partial charge in [-0.25, -0.2) is 9.97 Å². The molecule has 1 spiro atoms. The number of rotatable bonds is 3. The van der Waals surface area contributed by atoms with Gasteiger partial charge >= 0.3 is 0 Å². The van der Waals surface area contributed by atoms with Gasteiger partial charge in [0.1, 0.15) is 0 Å². The van der Waals surface area contributed by atoms with Crippen LogP contribution in [0.4, 0.5) is 5.95 Å². The Hall–Kier alpha value is -1.16. The zero-order chi connectivity index (χ0) is 14.0. The minimum atomic E-state index is 0.328. The summed E-state index contributed by atoms with van der Waals surface area (Å²) in [5, 5.41) is 0. The van der Waals surface area contributed by atoms with Crippen molar-refractivity contribution in [3.05, 3.63) is 18.5 Å². The van der Waals surface area contributed by atoms with Crippen LogP contribution in [0.3, 0.4) is 0 Å². The third kappa shape index (κ3) is 2.66. The number of anilines is 1. The van der Waals surface area contributed by atoms with Crippen LogP contribution in [0.2, 0.25) is 0 Å². The highest BCUT2D eigenvalue weighted by Crippen LogP contribution is 2.40. The lowest BCUT2D eigenvalue weighted by Gasteiger charge is -2.45. The zero-order valence-corrected chi connectivity index (χ0v) is 12.8. The van der Waals surface area contributed by atoms with E-state index in [-0.39, 0.29) is 0 Å². The van der Waals surface area contributed by atoms with Crippen LogP contribution in [0.1, 0.15) is 39.5 Å². The molecule has 0 saturated carbocycles. The van der Waals surface area contributed by atoms with E-state index in [1.165, 1.54) is 45.3 Å². The Morgan fingerprint density at radius 3 is 2.45 bits per heavy atom. The van der Waals surface area contributed by atoms with Crippen LogP contribution < -0.4 is 4.90 Å². The summed E-state index contributed by atoms with van der Waals surface area (Å²) in [7, 11) is 0. The topological polar surface area (TPSA) is 32.3 Å². The molecule has 20 heavy (non-hydrogen) atoms. The second-order valence-corrected chi connectivity index (χ2v) is 6.72. The lowest BCUT2D eigenvalue weighted by molar-refractivity contribution is 0.148. The normalized spacial score (nSPS) is 22.9. The molecule has 110 valence electrons. The summed E-state index contributed by atoms with van der Waals surface area (Å²) >= 11 is 0. The summed E-state index contributed by atoms with van der Waals surface area (Å²) in [6, 6.07) is 1.90. The number of hydrogen-bond acceptors (Lipinski definition) is 4. The molecule has 2 saturated heterocycles. The van der Waals surface area contributed by atoms with E-state index in [4.69, 9.17) is 0 Å². The van der Waals surface area contributed by atoms with E-state index in [1.54, 1.807) is 0 Å². The number of likely N-dealkylation sites (tertiary alicyclic amines) is 1. The molecule has 0 aromatic carbocycles. The first kappa shape index (κ1) is 13.8. The summed E-state index contributed by atoms with van der Waals surface area (Å²) in [6.07, 6.45) is 8.84. The molecular formula is C16H26N4. The predicted octanol–water partition coefficient (Wildman–Crippen LogP) is 2.57. The average molecular weight is 274 g/mol. The van der Waals surface area contributed by atoms with Gasteiger partial charge in [0.2, 0.25) is 5.95 Å². The minimum absolute atomic E-state index is 0.328. The second-order valence-electron chi connectivity index (χ2n) is 6.72. The van der Waals surface area contributed by atoms with Gasteiger partial charge in [0.25, 0.3) is 0 Å². The van der Waals surface area contributed by atoms with Gasteiger partial charge in [0.05, 0.1) is 0 Å². The van der Waals surface area contributed by atoms with Gasteiger partial charge in [-0.15, -0.1) is 0 Å². The number of piperidine rings is 1. The average Bonchev–Trinajstić information content (AvgIpc) is 2.86. The summed E-state index contributed by atoms with van der Waals surface area (Å²) in [5.74, 6) is 1.70. The highest BCUT2D eigenvalue weighted by Gasteiger charge is 2.44. The van der Waals surface area contributed by atoms with Crippen LogP contribution in [0.5, 0.6) is 0 Å². The second kappa shape index (κ2) is 5.68. The van der Waals surface area contributed by atoms with Gasteiger partial charge in [-0.3, -0.25) is 0 Å².